The smallest absolute Gasteiger partial charge is 0.0985 e. The Kier molecular flexibility index (Phi) is 2.56. The SMILES string of the molecule is CC1(C)CC[N+]1(C)C.[I-]. The average Bonchev–Trinajstić information content (AvgIpc) is 1.64. The third-order valence-corrected chi connectivity index (χ3v) is 2.92. The lowest BCUT2D eigenvalue weighted by molar-refractivity contribution is -0.980. The van der Waals surface area contributed by atoms with Crippen molar-refractivity contribution >= 4 is 0 Å². The zero-order chi connectivity index (χ0) is 6.41. The minimum absolute atomic E-state index is 0. The van der Waals surface area contributed by atoms with Crippen molar-refractivity contribution in [2.75, 3.05) is 20.6 Å². The molecule has 1 fully saturated rings. The van der Waals surface area contributed by atoms with Crippen LogP contribution in [-0.4, -0.2) is 30.7 Å². The van der Waals surface area contributed by atoms with E-state index in [1.54, 1.807) is 0 Å². The van der Waals surface area contributed by atoms with Crippen molar-refractivity contribution in [2.45, 2.75) is 25.8 Å². The van der Waals surface area contributed by atoms with Gasteiger partial charge in [0.1, 0.15) is 0 Å². The first-order valence-corrected chi connectivity index (χ1v) is 3.29. The average molecular weight is 241 g/mol. The maximum absolute atomic E-state index is 2.33. The molecule has 0 amide bonds. The van der Waals surface area contributed by atoms with Gasteiger partial charge in [-0.05, 0) is 13.8 Å². The molecule has 0 aliphatic carbocycles. The fraction of sp³-hybridized carbons (Fsp3) is 1.00. The first-order valence-electron chi connectivity index (χ1n) is 3.29. The van der Waals surface area contributed by atoms with E-state index in [9.17, 15) is 0 Å². The number of rotatable bonds is 0. The summed E-state index contributed by atoms with van der Waals surface area (Å²) < 4.78 is 1.20. The van der Waals surface area contributed by atoms with E-state index >= 15 is 0 Å². The predicted molar refractivity (Wildman–Crippen MR) is 35.7 cm³/mol. The normalized spacial score (nSPS) is 28.0. The maximum atomic E-state index is 2.33. The van der Waals surface area contributed by atoms with Crippen LogP contribution in [0.2, 0.25) is 0 Å². The van der Waals surface area contributed by atoms with Gasteiger partial charge in [0, 0.05) is 0 Å². The Balaban J connectivity index is 0.000000640. The lowest BCUT2D eigenvalue weighted by Gasteiger charge is -2.53. The number of hydrogen-bond acceptors (Lipinski definition) is 0. The quantitative estimate of drug-likeness (QED) is 0.348. The van der Waals surface area contributed by atoms with Gasteiger partial charge in [-0.1, -0.05) is 0 Å². The van der Waals surface area contributed by atoms with E-state index in [1.807, 2.05) is 0 Å². The van der Waals surface area contributed by atoms with E-state index in [-0.39, 0.29) is 24.0 Å². The third-order valence-electron chi connectivity index (χ3n) is 2.92. The number of quaternary nitrogens is 1. The summed E-state index contributed by atoms with van der Waals surface area (Å²) in [5.74, 6) is 0. The molecule has 0 N–H and O–H groups in total. The van der Waals surface area contributed by atoms with Crippen LogP contribution in [0, 0.1) is 0 Å². The van der Waals surface area contributed by atoms with Crippen LogP contribution >= 0.6 is 0 Å². The highest BCUT2D eigenvalue weighted by Gasteiger charge is 2.46. The van der Waals surface area contributed by atoms with Gasteiger partial charge in [0.25, 0.3) is 0 Å². The molecule has 1 nitrogen and oxygen atoms in total. The predicted octanol–water partition coefficient (Wildman–Crippen LogP) is -1.75. The summed E-state index contributed by atoms with van der Waals surface area (Å²) in [6.45, 7) is 6.01. The largest absolute Gasteiger partial charge is 1.00 e. The molecule has 2 heteroatoms. The Morgan fingerprint density at radius 1 is 1.22 bits per heavy atom. The van der Waals surface area contributed by atoms with Crippen molar-refractivity contribution in [1.82, 2.24) is 0 Å². The number of likely N-dealkylation sites (tertiary alicyclic amines) is 1. The van der Waals surface area contributed by atoms with Gasteiger partial charge in [-0.2, -0.15) is 0 Å². The highest BCUT2D eigenvalue weighted by atomic mass is 127. The van der Waals surface area contributed by atoms with Gasteiger partial charge >= 0.3 is 0 Å². The fourth-order valence-electron chi connectivity index (χ4n) is 1.01. The lowest BCUT2D eigenvalue weighted by Crippen LogP contribution is -3.00. The molecule has 0 aromatic rings. The molecule has 1 aliphatic rings. The summed E-state index contributed by atoms with van der Waals surface area (Å²) in [5.41, 5.74) is 0.556. The monoisotopic (exact) mass is 241 g/mol. The van der Waals surface area contributed by atoms with Crippen molar-refractivity contribution in [3.05, 3.63) is 0 Å². The van der Waals surface area contributed by atoms with Crippen LogP contribution in [0.5, 0.6) is 0 Å². The van der Waals surface area contributed by atoms with Gasteiger partial charge in [-0.25, -0.2) is 0 Å². The molecule has 0 radical (unpaired) electrons. The van der Waals surface area contributed by atoms with E-state index in [0.29, 0.717) is 5.54 Å². The zero-order valence-electron chi connectivity index (χ0n) is 6.74. The Morgan fingerprint density at radius 2 is 1.56 bits per heavy atom. The molecule has 1 heterocycles. The molecule has 0 unspecified atom stereocenters. The lowest BCUT2D eigenvalue weighted by atomic mass is 9.86. The summed E-state index contributed by atoms with van der Waals surface area (Å²) in [5, 5.41) is 0. The van der Waals surface area contributed by atoms with Gasteiger partial charge < -0.3 is 28.5 Å². The minimum atomic E-state index is 0. The summed E-state index contributed by atoms with van der Waals surface area (Å²) in [4.78, 5) is 0. The van der Waals surface area contributed by atoms with Crippen LogP contribution in [0.4, 0.5) is 0 Å². The van der Waals surface area contributed by atoms with Gasteiger partial charge in [-0.15, -0.1) is 0 Å². The maximum Gasteiger partial charge on any atom is 0.0985 e. The number of hydrogen-bond donors (Lipinski definition) is 0. The molecule has 0 aromatic heterocycles. The van der Waals surface area contributed by atoms with Crippen molar-refractivity contribution < 1.29 is 28.5 Å². The Morgan fingerprint density at radius 3 is 1.56 bits per heavy atom. The van der Waals surface area contributed by atoms with Crippen molar-refractivity contribution in [3.63, 3.8) is 0 Å². The Bertz CT molecular complexity index is 93.5. The second-order valence-electron chi connectivity index (χ2n) is 3.97. The van der Waals surface area contributed by atoms with Crippen LogP contribution in [0.1, 0.15) is 20.3 Å². The van der Waals surface area contributed by atoms with Crippen molar-refractivity contribution in [3.8, 4) is 0 Å². The van der Waals surface area contributed by atoms with E-state index in [4.69, 9.17) is 0 Å². The molecule has 0 spiro atoms. The summed E-state index contributed by atoms with van der Waals surface area (Å²) >= 11 is 0. The molecule has 9 heavy (non-hydrogen) atoms. The van der Waals surface area contributed by atoms with E-state index in [0.717, 1.165) is 0 Å². The number of nitrogens with zero attached hydrogens (tertiary/aromatic N) is 1. The van der Waals surface area contributed by atoms with Gasteiger partial charge in [-0.3, -0.25) is 0 Å². The van der Waals surface area contributed by atoms with Gasteiger partial charge in [0.05, 0.1) is 32.6 Å². The van der Waals surface area contributed by atoms with E-state index in [1.165, 1.54) is 17.4 Å². The molecule has 1 aliphatic heterocycles. The molecule has 56 valence electrons. The van der Waals surface area contributed by atoms with E-state index < -0.39 is 0 Å². The molecular formula is C7H16IN. The Labute approximate surface area is 75.0 Å². The minimum Gasteiger partial charge on any atom is -1.00 e. The first kappa shape index (κ1) is 9.69. The molecule has 1 saturated heterocycles. The molecule has 0 atom stereocenters. The van der Waals surface area contributed by atoms with Crippen molar-refractivity contribution in [2.24, 2.45) is 0 Å². The summed E-state index contributed by atoms with van der Waals surface area (Å²) in [7, 11) is 4.59. The van der Waals surface area contributed by atoms with Crippen LogP contribution < -0.4 is 24.0 Å². The highest BCUT2D eigenvalue weighted by molar-refractivity contribution is 4.76. The molecule has 1 rings (SSSR count). The van der Waals surface area contributed by atoms with Crippen LogP contribution in [-0.2, 0) is 0 Å². The van der Waals surface area contributed by atoms with Crippen LogP contribution in [0.25, 0.3) is 0 Å². The molecule has 0 aromatic carbocycles. The van der Waals surface area contributed by atoms with Gasteiger partial charge in [0.2, 0.25) is 0 Å². The molecule has 0 bridgehead atoms. The summed E-state index contributed by atoms with van der Waals surface area (Å²) in [6.07, 6.45) is 1.39. The van der Waals surface area contributed by atoms with Crippen molar-refractivity contribution in [1.29, 1.82) is 0 Å². The van der Waals surface area contributed by atoms with Gasteiger partial charge in [0.15, 0.2) is 0 Å². The Hall–Kier alpha value is 0.690. The topological polar surface area (TPSA) is 0 Å². The summed E-state index contributed by atoms with van der Waals surface area (Å²) in [6, 6.07) is 0. The fourth-order valence-corrected chi connectivity index (χ4v) is 1.01. The molecule has 0 saturated carbocycles. The van der Waals surface area contributed by atoms with Crippen LogP contribution in [0.3, 0.4) is 0 Å². The van der Waals surface area contributed by atoms with E-state index in [2.05, 4.69) is 27.9 Å². The third kappa shape index (κ3) is 1.40. The molecular weight excluding hydrogens is 225 g/mol. The first-order chi connectivity index (χ1) is 3.46. The number of halogens is 1. The highest BCUT2D eigenvalue weighted by Crippen LogP contribution is 2.33. The second-order valence-corrected chi connectivity index (χ2v) is 3.97. The second kappa shape index (κ2) is 2.38. The zero-order valence-corrected chi connectivity index (χ0v) is 8.90. The standard InChI is InChI=1S/C7H16N.HI/c1-7(2)5-6-8(7,3)4;/h5-6H2,1-4H3;1H/q+1;/p-1. The van der Waals surface area contributed by atoms with Crippen LogP contribution in [0.15, 0.2) is 0 Å².